The third-order valence-corrected chi connectivity index (χ3v) is 3.15. The van der Waals surface area contributed by atoms with Gasteiger partial charge in [0.25, 0.3) is 0 Å². The lowest BCUT2D eigenvalue weighted by Gasteiger charge is -1.99. The molecule has 3 aromatic rings. The highest BCUT2D eigenvalue weighted by atomic mass is 32.1. The van der Waals surface area contributed by atoms with Crippen molar-refractivity contribution in [1.29, 1.82) is 0 Å². The molecule has 0 aliphatic rings. The van der Waals surface area contributed by atoms with Crippen LogP contribution in [0.15, 0.2) is 51.6 Å². The van der Waals surface area contributed by atoms with Crippen LogP contribution in [0, 0.1) is 0 Å². The Bertz CT molecular complexity index is 550. The Kier molecular flexibility index (Phi) is 2.38. The van der Waals surface area contributed by atoms with Crippen LogP contribution in [0.5, 0.6) is 0 Å². The number of benzene rings is 1. The zero-order chi connectivity index (χ0) is 10.8. The maximum absolute atomic E-state index is 5.71. The fourth-order valence-electron chi connectivity index (χ4n) is 1.68. The summed E-state index contributed by atoms with van der Waals surface area (Å²) in [6.07, 6.45) is 0. The van der Waals surface area contributed by atoms with Gasteiger partial charge >= 0.3 is 0 Å². The lowest BCUT2D eigenvalue weighted by Crippen LogP contribution is -1.95. The van der Waals surface area contributed by atoms with Gasteiger partial charge in [0.15, 0.2) is 0 Å². The van der Waals surface area contributed by atoms with Gasteiger partial charge in [0.05, 0.1) is 6.54 Å². The van der Waals surface area contributed by atoms with Gasteiger partial charge in [-0.15, -0.1) is 0 Å². The second-order valence-corrected chi connectivity index (χ2v) is 4.40. The van der Waals surface area contributed by atoms with E-state index in [2.05, 4.69) is 34.3 Å². The first-order valence-corrected chi connectivity index (χ1v) is 6.09. The Hall–Kier alpha value is -1.74. The highest BCUT2D eigenvalue weighted by molar-refractivity contribution is 7.08. The molecule has 2 aromatic heterocycles. The van der Waals surface area contributed by atoms with Gasteiger partial charge in [-0.1, -0.05) is 18.2 Å². The molecular formula is C13H11NOS. The number of fused-ring (bicyclic) bond motifs is 1. The number of hydrogen-bond donors (Lipinski definition) is 1. The maximum Gasteiger partial charge on any atom is 0.134 e. The molecule has 0 saturated carbocycles. The molecule has 80 valence electrons. The molecule has 0 atom stereocenters. The van der Waals surface area contributed by atoms with E-state index in [4.69, 9.17) is 4.42 Å². The summed E-state index contributed by atoms with van der Waals surface area (Å²) in [5.41, 5.74) is 2.09. The molecule has 2 nitrogen and oxygen atoms in total. The van der Waals surface area contributed by atoms with Crippen molar-refractivity contribution < 1.29 is 4.42 Å². The Morgan fingerprint density at radius 1 is 1.19 bits per heavy atom. The lowest BCUT2D eigenvalue weighted by molar-refractivity contribution is 0.559. The number of para-hydroxylation sites is 1. The minimum Gasteiger partial charge on any atom is -0.459 e. The molecule has 0 radical (unpaired) electrons. The van der Waals surface area contributed by atoms with Crippen LogP contribution < -0.4 is 5.32 Å². The third kappa shape index (κ3) is 1.82. The first-order chi connectivity index (χ1) is 7.92. The van der Waals surface area contributed by atoms with Crippen molar-refractivity contribution in [2.45, 2.75) is 6.54 Å². The summed E-state index contributed by atoms with van der Waals surface area (Å²) < 4.78 is 5.71. The Balaban J connectivity index is 1.79. The average Bonchev–Trinajstić information content (AvgIpc) is 2.95. The Morgan fingerprint density at radius 2 is 2.12 bits per heavy atom. The Labute approximate surface area is 97.5 Å². The van der Waals surface area contributed by atoms with Gasteiger partial charge < -0.3 is 9.73 Å². The van der Waals surface area contributed by atoms with Gasteiger partial charge in [0, 0.05) is 16.5 Å². The van der Waals surface area contributed by atoms with Crippen molar-refractivity contribution >= 4 is 28.0 Å². The zero-order valence-electron chi connectivity index (χ0n) is 8.64. The smallest absolute Gasteiger partial charge is 0.134 e. The topological polar surface area (TPSA) is 25.2 Å². The second-order valence-electron chi connectivity index (χ2n) is 3.62. The normalized spacial score (nSPS) is 10.8. The summed E-state index contributed by atoms with van der Waals surface area (Å²) in [4.78, 5) is 0. The molecule has 3 rings (SSSR count). The number of hydrogen-bond acceptors (Lipinski definition) is 3. The third-order valence-electron chi connectivity index (χ3n) is 2.46. The van der Waals surface area contributed by atoms with Crippen molar-refractivity contribution in [3.8, 4) is 0 Å². The predicted octanol–water partition coefficient (Wildman–Crippen LogP) is 4.11. The van der Waals surface area contributed by atoms with Gasteiger partial charge in [-0.2, -0.15) is 11.3 Å². The van der Waals surface area contributed by atoms with Crippen LogP contribution in [0.3, 0.4) is 0 Å². The maximum atomic E-state index is 5.71. The molecular weight excluding hydrogens is 218 g/mol. The molecule has 0 fully saturated rings. The summed E-state index contributed by atoms with van der Waals surface area (Å²) in [6, 6.07) is 12.2. The zero-order valence-corrected chi connectivity index (χ0v) is 9.46. The molecule has 0 bridgehead atoms. The van der Waals surface area contributed by atoms with Crippen molar-refractivity contribution in [2.75, 3.05) is 5.32 Å². The fraction of sp³-hybridized carbons (Fsp3) is 0.0769. The van der Waals surface area contributed by atoms with E-state index in [1.54, 1.807) is 11.3 Å². The van der Waals surface area contributed by atoms with Crippen LogP contribution in [-0.4, -0.2) is 0 Å². The number of furan rings is 1. The van der Waals surface area contributed by atoms with Crippen LogP contribution >= 0.6 is 11.3 Å². The van der Waals surface area contributed by atoms with E-state index in [0.29, 0.717) is 0 Å². The summed E-state index contributed by atoms with van der Waals surface area (Å²) in [6.45, 7) is 0.728. The van der Waals surface area contributed by atoms with Gasteiger partial charge in [-0.05, 0) is 23.6 Å². The summed E-state index contributed by atoms with van der Waals surface area (Å²) in [5.74, 6) is 0.965. The SMILES string of the molecule is c1ccc2oc(CNc3ccsc3)cc2c1. The van der Waals surface area contributed by atoms with Gasteiger partial charge in [0.1, 0.15) is 11.3 Å². The van der Waals surface area contributed by atoms with Gasteiger partial charge in [0.2, 0.25) is 0 Å². The number of thiophene rings is 1. The number of nitrogens with one attached hydrogen (secondary N) is 1. The van der Waals surface area contributed by atoms with E-state index >= 15 is 0 Å². The first kappa shape index (κ1) is 9.48. The predicted molar refractivity (Wildman–Crippen MR) is 67.9 cm³/mol. The average molecular weight is 229 g/mol. The van der Waals surface area contributed by atoms with E-state index in [-0.39, 0.29) is 0 Å². The van der Waals surface area contributed by atoms with Crippen LogP contribution in [-0.2, 0) is 6.54 Å². The minimum absolute atomic E-state index is 0.728. The van der Waals surface area contributed by atoms with Crippen LogP contribution in [0.2, 0.25) is 0 Å². The highest BCUT2D eigenvalue weighted by Gasteiger charge is 2.02. The molecule has 1 aromatic carbocycles. The van der Waals surface area contributed by atoms with E-state index in [1.165, 1.54) is 0 Å². The van der Waals surface area contributed by atoms with E-state index in [9.17, 15) is 0 Å². The molecule has 1 N–H and O–H groups in total. The monoisotopic (exact) mass is 229 g/mol. The quantitative estimate of drug-likeness (QED) is 0.731. The standard InChI is InChI=1S/C13H11NOS/c1-2-4-13-10(3-1)7-12(15-13)8-14-11-5-6-16-9-11/h1-7,9,14H,8H2. The summed E-state index contributed by atoms with van der Waals surface area (Å²) in [7, 11) is 0. The van der Waals surface area contributed by atoms with Crippen molar-refractivity contribution in [3.05, 3.63) is 52.9 Å². The van der Waals surface area contributed by atoms with Crippen molar-refractivity contribution in [3.63, 3.8) is 0 Å². The number of rotatable bonds is 3. The van der Waals surface area contributed by atoms with Crippen molar-refractivity contribution in [2.24, 2.45) is 0 Å². The van der Waals surface area contributed by atoms with E-state index in [1.807, 2.05) is 18.2 Å². The molecule has 16 heavy (non-hydrogen) atoms. The molecule has 0 amide bonds. The number of anilines is 1. The summed E-state index contributed by atoms with van der Waals surface area (Å²) in [5, 5.41) is 8.62. The van der Waals surface area contributed by atoms with Crippen LogP contribution in [0.25, 0.3) is 11.0 Å². The van der Waals surface area contributed by atoms with E-state index < -0.39 is 0 Å². The van der Waals surface area contributed by atoms with Crippen molar-refractivity contribution in [1.82, 2.24) is 0 Å². The minimum atomic E-state index is 0.728. The van der Waals surface area contributed by atoms with Crippen LogP contribution in [0.1, 0.15) is 5.76 Å². The molecule has 0 aliphatic carbocycles. The Morgan fingerprint density at radius 3 is 2.94 bits per heavy atom. The fourth-order valence-corrected chi connectivity index (χ4v) is 2.29. The molecule has 3 heteroatoms. The van der Waals surface area contributed by atoms with Gasteiger partial charge in [-0.25, -0.2) is 0 Å². The largest absolute Gasteiger partial charge is 0.459 e. The summed E-state index contributed by atoms with van der Waals surface area (Å²) >= 11 is 1.69. The first-order valence-electron chi connectivity index (χ1n) is 5.15. The molecule has 0 spiro atoms. The lowest BCUT2D eigenvalue weighted by atomic mass is 10.2. The molecule has 2 heterocycles. The molecule has 0 aliphatic heterocycles. The van der Waals surface area contributed by atoms with Crippen LogP contribution in [0.4, 0.5) is 5.69 Å². The molecule has 0 saturated heterocycles. The van der Waals surface area contributed by atoms with Gasteiger partial charge in [-0.3, -0.25) is 0 Å². The molecule has 0 unspecified atom stereocenters. The second kappa shape index (κ2) is 4.02. The van der Waals surface area contributed by atoms with E-state index in [0.717, 1.165) is 29.0 Å². The highest BCUT2D eigenvalue weighted by Crippen LogP contribution is 2.20.